The molecule has 1 aliphatic rings. The molecule has 6 radical (unpaired) electrons. The molecule has 11 heteroatoms. The molecule has 0 atom stereocenters. The average molecular weight is 395 g/mol. The van der Waals surface area contributed by atoms with Gasteiger partial charge in [0, 0.05) is 55.7 Å². The molecular weight excluding hydrogens is 375 g/mol. The Bertz CT molecular complexity index is 1060. The van der Waals surface area contributed by atoms with E-state index in [1.54, 1.807) is 24.8 Å². The molecule has 0 aromatic carbocycles. The molecule has 146 valence electrons. The molecule has 3 aromatic heterocycles. The second kappa shape index (κ2) is 8.24. The maximum Gasteiger partial charge on any atom is 0.239 e. The van der Waals surface area contributed by atoms with Gasteiger partial charge in [-0.3, -0.25) is 19.4 Å². The zero-order chi connectivity index (χ0) is 21.3. The van der Waals surface area contributed by atoms with Crippen LogP contribution in [0.5, 0.6) is 0 Å². The molecule has 0 saturated carbocycles. The van der Waals surface area contributed by atoms with Crippen molar-refractivity contribution in [2.45, 2.75) is 5.24 Å². The number of carbonyl (C=O) groups excluding carboxylic acids is 1. The van der Waals surface area contributed by atoms with Crippen LogP contribution in [0.2, 0.25) is 0 Å². The van der Waals surface area contributed by atoms with Crippen molar-refractivity contribution in [1.82, 2.24) is 29.5 Å². The number of hydrogen-bond donors (Lipinski definition) is 1. The van der Waals surface area contributed by atoms with Crippen LogP contribution in [0.3, 0.4) is 0 Å². The number of amides is 1. The molecule has 30 heavy (non-hydrogen) atoms. The van der Waals surface area contributed by atoms with Crippen molar-refractivity contribution in [2.75, 3.05) is 45.1 Å². The fourth-order valence-corrected chi connectivity index (χ4v) is 3.32. The normalized spacial score (nSPS) is 16.0. The Morgan fingerprint density at radius 2 is 1.80 bits per heavy atom. The predicted molar refractivity (Wildman–Crippen MR) is 119 cm³/mol. The number of nitrogens with one attached hydrogen (secondary N) is 1. The lowest BCUT2D eigenvalue weighted by Crippen LogP contribution is -2.47. The van der Waals surface area contributed by atoms with Gasteiger partial charge < -0.3 is 10.2 Å². The highest BCUT2D eigenvalue weighted by Crippen LogP contribution is 2.23. The van der Waals surface area contributed by atoms with Gasteiger partial charge in [0.1, 0.15) is 5.82 Å². The van der Waals surface area contributed by atoms with E-state index in [4.69, 9.17) is 23.5 Å². The minimum absolute atomic E-state index is 0.0767. The first-order valence-electron chi connectivity index (χ1n) is 9.67. The maximum absolute atomic E-state index is 12.4. The van der Waals surface area contributed by atoms with E-state index in [1.807, 2.05) is 12.1 Å². The van der Waals surface area contributed by atoms with Crippen molar-refractivity contribution in [3.63, 3.8) is 0 Å². The summed E-state index contributed by atoms with van der Waals surface area (Å²) in [5, 5.41) is 7.13. The lowest BCUT2D eigenvalue weighted by Gasteiger charge is -2.31. The zero-order valence-electron chi connectivity index (χ0n) is 16.8. The van der Waals surface area contributed by atoms with Crippen molar-refractivity contribution in [1.29, 1.82) is 0 Å². The van der Waals surface area contributed by atoms with Gasteiger partial charge in [0.2, 0.25) is 5.91 Å². The smallest absolute Gasteiger partial charge is 0.239 e. The molecule has 8 nitrogen and oxygen atoms in total. The lowest BCUT2D eigenvalue weighted by molar-refractivity contribution is -0.117. The summed E-state index contributed by atoms with van der Waals surface area (Å²) < 4.78 is 1.27. The van der Waals surface area contributed by atoms with Crippen LogP contribution < -0.4 is 5.32 Å². The van der Waals surface area contributed by atoms with Gasteiger partial charge in [0.15, 0.2) is 0 Å². The summed E-state index contributed by atoms with van der Waals surface area (Å²) in [4.78, 5) is 25.6. The van der Waals surface area contributed by atoms with Crippen molar-refractivity contribution in [3.8, 4) is 11.3 Å². The van der Waals surface area contributed by atoms with Crippen LogP contribution >= 0.6 is 0 Å². The molecular formula is C19H20B3N7O. The van der Waals surface area contributed by atoms with Crippen molar-refractivity contribution in [3.05, 3.63) is 36.9 Å². The van der Waals surface area contributed by atoms with Gasteiger partial charge in [-0.1, -0.05) is 0 Å². The quantitative estimate of drug-likeness (QED) is 0.601. The monoisotopic (exact) mass is 395 g/mol. The molecule has 1 saturated heterocycles. The van der Waals surface area contributed by atoms with Crippen LogP contribution in [-0.4, -0.2) is 98.8 Å². The third-order valence-corrected chi connectivity index (χ3v) is 5.11. The molecule has 0 aliphatic carbocycles. The molecule has 4 rings (SSSR count). The SMILES string of the molecule is [B]C([B])([B])n1cc(-c2cc3cc(NC(=O)CN4CCN(C)CC4)ncc3cn2)cn1. The van der Waals surface area contributed by atoms with Gasteiger partial charge in [-0.2, -0.15) is 5.10 Å². The van der Waals surface area contributed by atoms with Crippen LogP contribution in [0.4, 0.5) is 5.82 Å². The molecule has 1 aliphatic heterocycles. The zero-order valence-corrected chi connectivity index (χ0v) is 16.8. The Hall–Kier alpha value is -2.65. The summed E-state index contributed by atoms with van der Waals surface area (Å²) >= 11 is 0. The molecule has 1 amide bonds. The topological polar surface area (TPSA) is 79.2 Å². The van der Waals surface area contributed by atoms with Crippen LogP contribution in [0.1, 0.15) is 0 Å². The maximum atomic E-state index is 12.4. The van der Waals surface area contributed by atoms with Gasteiger partial charge in [-0.05, 0) is 29.8 Å². The summed E-state index contributed by atoms with van der Waals surface area (Å²) in [5.41, 5.74) is 1.40. The Kier molecular flexibility index (Phi) is 5.66. The number of nitrogens with zero attached hydrogens (tertiary/aromatic N) is 6. The summed E-state index contributed by atoms with van der Waals surface area (Å²) in [6, 6.07) is 3.71. The first-order valence-corrected chi connectivity index (χ1v) is 9.67. The summed E-state index contributed by atoms with van der Waals surface area (Å²) in [6.07, 6.45) is 6.63. The number of anilines is 1. The molecule has 1 fully saturated rings. The van der Waals surface area contributed by atoms with Gasteiger partial charge in [0.25, 0.3) is 0 Å². The van der Waals surface area contributed by atoms with Crippen molar-refractivity contribution in [2.24, 2.45) is 0 Å². The van der Waals surface area contributed by atoms with Crippen LogP contribution in [0.15, 0.2) is 36.9 Å². The molecule has 3 aromatic rings. The summed E-state index contributed by atoms with van der Waals surface area (Å²) in [5.74, 6) is 0.423. The van der Waals surface area contributed by atoms with Crippen LogP contribution in [0, 0.1) is 0 Å². The van der Waals surface area contributed by atoms with E-state index in [0.717, 1.165) is 42.5 Å². The van der Waals surface area contributed by atoms with E-state index in [-0.39, 0.29) is 5.91 Å². The lowest BCUT2D eigenvalue weighted by atomic mass is 9.49. The third kappa shape index (κ3) is 4.74. The van der Waals surface area contributed by atoms with Gasteiger partial charge in [0.05, 0.1) is 42.0 Å². The first-order chi connectivity index (χ1) is 14.3. The van der Waals surface area contributed by atoms with E-state index < -0.39 is 5.24 Å². The van der Waals surface area contributed by atoms with E-state index in [9.17, 15) is 4.79 Å². The Morgan fingerprint density at radius 1 is 1.07 bits per heavy atom. The summed E-state index contributed by atoms with van der Waals surface area (Å²) in [7, 11) is 19.1. The van der Waals surface area contributed by atoms with E-state index in [0.29, 0.717) is 18.1 Å². The number of rotatable bonds is 5. The van der Waals surface area contributed by atoms with E-state index in [2.05, 4.69) is 37.2 Å². The third-order valence-electron chi connectivity index (χ3n) is 5.11. The van der Waals surface area contributed by atoms with Crippen LogP contribution in [-0.2, 0) is 10.0 Å². The number of carbonyl (C=O) groups is 1. The predicted octanol–water partition coefficient (Wildman–Crippen LogP) is -0.247. The number of piperazine rings is 1. The Morgan fingerprint density at radius 3 is 2.50 bits per heavy atom. The van der Waals surface area contributed by atoms with Crippen molar-refractivity contribution >= 4 is 46.0 Å². The average Bonchev–Trinajstić information content (AvgIpc) is 3.20. The highest BCUT2D eigenvalue weighted by Gasteiger charge is 2.17. The molecule has 4 heterocycles. The highest BCUT2D eigenvalue weighted by molar-refractivity contribution is 6.56. The fraction of sp³-hybridized carbons (Fsp3) is 0.368. The number of hydrogen-bond acceptors (Lipinski definition) is 6. The molecule has 0 spiro atoms. The van der Waals surface area contributed by atoms with Crippen LogP contribution in [0.25, 0.3) is 22.0 Å². The van der Waals surface area contributed by atoms with E-state index in [1.165, 1.54) is 4.68 Å². The number of pyridine rings is 2. The van der Waals surface area contributed by atoms with E-state index >= 15 is 0 Å². The molecule has 1 N–H and O–H groups in total. The standard InChI is InChI=1S/C19H20B3N7O/c1-27-2-4-28(5-3-27)12-18(30)26-17-7-13-6-16(23-8-14(13)9-24-17)15-10-25-29(11-15)19(20,21)22/h6-11H,2-5,12H2,1H3,(H,24,26,30). The fourth-order valence-electron chi connectivity index (χ4n) is 3.32. The largest absolute Gasteiger partial charge is 0.310 e. The van der Waals surface area contributed by atoms with Crippen molar-refractivity contribution < 1.29 is 4.79 Å². The molecule has 0 unspecified atom stereocenters. The Balaban J connectivity index is 1.49. The van der Waals surface area contributed by atoms with Gasteiger partial charge in [-0.15, -0.1) is 0 Å². The molecule has 0 bridgehead atoms. The minimum atomic E-state index is -1.58. The number of likely N-dealkylation sites (N-methyl/N-ethyl adjacent to an activating group) is 1. The second-order valence-corrected chi connectivity index (χ2v) is 7.67. The Labute approximate surface area is 179 Å². The van der Waals surface area contributed by atoms with Gasteiger partial charge in [-0.25, -0.2) is 4.98 Å². The minimum Gasteiger partial charge on any atom is -0.310 e. The number of fused-ring (bicyclic) bond motifs is 1. The first kappa shape index (κ1) is 20.6. The second-order valence-electron chi connectivity index (χ2n) is 7.67. The number of aromatic nitrogens is 4. The highest BCUT2D eigenvalue weighted by atomic mass is 16.2. The summed E-state index contributed by atoms with van der Waals surface area (Å²) in [6.45, 7) is 4.05. The van der Waals surface area contributed by atoms with Gasteiger partial charge >= 0.3 is 0 Å².